The molecule has 1 aliphatic rings. The van der Waals surface area contributed by atoms with Gasteiger partial charge in [0.15, 0.2) is 31.9 Å². The number of unbranched alkanes of at least 4 members (excludes halogenated alkanes) is 8. The summed E-state index contributed by atoms with van der Waals surface area (Å²) in [5.41, 5.74) is 0.269. The summed E-state index contributed by atoms with van der Waals surface area (Å²) in [5, 5.41) is 0.780. The summed E-state index contributed by atoms with van der Waals surface area (Å²) in [4.78, 5) is 24.6. The third-order valence-corrected chi connectivity index (χ3v) is 9.67. The van der Waals surface area contributed by atoms with Gasteiger partial charge in [0.1, 0.15) is 0 Å². The van der Waals surface area contributed by atoms with Crippen LogP contribution in [0.1, 0.15) is 93.8 Å². The van der Waals surface area contributed by atoms with Gasteiger partial charge >= 0.3 is 11.9 Å². The van der Waals surface area contributed by atoms with Gasteiger partial charge < -0.3 is 37.9 Å². The molecule has 0 radical (unpaired) electrons. The average Bonchev–Trinajstić information content (AvgIpc) is 3.54. The first-order valence-electron chi connectivity index (χ1n) is 15.2. The topological polar surface area (TPSA) is 108 Å². The monoisotopic (exact) mass is 646 g/mol. The molecular weight excluding hydrogens is 596 g/mol. The van der Waals surface area contributed by atoms with Gasteiger partial charge in [-0.05, 0) is 44.2 Å². The number of esters is 2. The molecule has 1 atom stereocenters. The third-order valence-electron chi connectivity index (χ3n) is 6.66. The van der Waals surface area contributed by atoms with Gasteiger partial charge in [-0.2, -0.15) is 0 Å². The van der Waals surface area contributed by atoms with Gasteiger partial charge in [0, 0.05) is 38.8 Å². The van der Waals surface area contributed by atoms with E-state index in [1.807, 2.05) is 21.6 Å². The minimum absolute atomic E-state index is 0.0365. The van der Waals surface area contributed by atoms with Crippen LogP contribution in [0.3, 0.4) is 0 Å². The van der Waals surface area contributed by atoms with E-state index in [1.165, 1.54) is 52.1 Å². The Hall–Kier alpha value is -1.86. The van der Waals surface area contributed by atoms with Crippen molar-refractivity contribution in [2.75, 3.05) is 60.7 Å². The maximum atomic E-state index is 12.7. The van der Waals surface area contributed by atoms with Crippen molar-refractivity contribution >= 4 is 33.5 Å². The fourth-order valence-corrected chi connectivity index (χ4v) is 7.42. The molecule has 43 heavy (non-hydrogen) atoms. The Labute approximate surface area is 264 Å². The van der Waals surface area contributed by atoms with E-state index in [-0.39, 0.29) is 49.2 Å². The maximum Gasteiger partial charge on any atom is 0.338 e. The Bertz CT molecular complexity index is 866. The number of hydrogen-bond acceptors (Lipinski definition) is 12. The highest BCUT2D eigenvalue weighted by Gasteiger charge is 2.20. The first-order chi connectivity index (χ1) is 21.1. The summed E-state index contributed by atoms with van der Waals surface area (Å²) in [5.74, 6) is 1.53. The molecule has 1 fully saturated rings. The largest absolute Gasteiger partial charge is 0.466 e. The maximum absolute atomic E-state index is 12.7. The molecule has 1 unspecified atom stereocenters. The Kier molecular flexibility index (Phi) is 21.2. The van der Waals surface area contributed by atoms with Crippen molar-refractivity contribution in [1.82, 2.24) is 0 Å². The summed E-state index contributed by atoms with van der Waals surface area (Å²) in [6.45, 7) is 0.733. The Balaban J connectivity index is 1.54. The molecule has 0 aromatic heterocycles. The number of carbonyl (C=O) groups is 2. The van der Waals surface area contributed by atoms with Gasteiger partial charge in [-0.25, -0.2) is 4.79 Å². The van der Waals surface area contributed by atoms with Gasteiger partial charge in [0.25, 0.3) is 0 Å². The van der Waals surface area contributed by atoms with Gasteiger partial charge in [-0.15, -0.1) is 0 Å². The molecule has 0 saturated carbocycles. The number of ether oxygens (including phenoxy) is 8. The highest BCUT2D eigenvalue weighted by molar-refractivity contribution is 8.77. The molecule has 1 saturated heterocycles. The zero-order chi connectivity index (χ0) is 31.0. The van der Waals surface area contributed by atoms with Crippen LogP contribution in [0.4, 0.5) is 0 Å². The second kappa shape index (κ2) is 24.5. The molecule has 10 nitrogen and oxygen atoms in total. The third kappa shape index (κ3) is 16.7. The summed E-state index contributed by atoms with van der Waals surface area (Å²) in [6.07, 6.45) is 13.4. The van der Waals surface area contributed by atoms with Gasteiger partial charge in [0.2, 0.25) is 5.75 Å². The summed E-state index contributed by atoms with van der Waals surface area (Å²) in [6, 6.07) is 3.06. The van der Waals surface area contributed by atoms with Crippen LogP contribution in [0.5, 0.6) is 17.2 Å². The lowest BCUT2D eigenvalue weighted by atomic mass is 10.1. The van der Waals surface area contributed by atoms with Crippen molar-refractivity contribution < 1.29 is 47.5 Å². The van der Waals surface area contributed by atoms with E-state index in [0.29, 0.717) is 19.6 Å². The molecule has 0 aliphatic carbocycles. The van der Waals surface area contributed by atoms with Crippen LogP contribution < -0.4 is 14.2 Å². The minimum atomic E-state index is -0.481. The number of benzene rings is 1. The van der Waals surface area contributed by atoms with Gasteiger partial charge in [0.05, 0.1) is 18.8 Å². The smallest absolute Gasteiger partial charge is 0.338 e. The number of hydrogen-bond donors (Lipinski definition) is 0. The molecule has 1 aliphatic heterocycles. The number of carbonyl (C=O) groups excluding carboxylic acids is 2. The number of rotatable bonds is 26. The van der Waals surface area contributed by atoms with Crippen molar-refractivity contribution in [1.29, 1.82) is 0 Å². The van der Waals surface area contributed by atoms with E-state index in [4.69, 9.17) is 37.9 Å². The second-order valence-corrected chi connectivity index (χ2v) is 13.0. The fourth-order valence-electron chi connectivity index (χ4n) is 4.39. The van der Waals surface area contributed by atoms with Crippen molar-refractivity contribution in [3.05, 3.63) is 17.7 Å². The highest BCUT2D eigenvalue weighted by atomic mass is 33.1. The van der Waals surface area contributed by atoms with Crippen molar-refractivity contribution in [2.24, 2.45) is 0 Å². The standard InChI is InChI=1S/C31H50O10S2/c1-34-22-39-27-20-25(21-28(40-23-35-2)30(27)41-24-36-3)31(33)38-18-13-9-7-5-4-6-8-12-17-37-29(32)15-11-10-14-26-16-19-42-43-26/h20-21,26H,4-19,22-24H2,1-3H3. The quantitative estimate of drug-likeness (QED) is 0.0441. The average molecular weight is 647 g/mol. The lowest BCUT2D eigenvalue weighted by molar-refractivity contribution is -0.143. The van der Waals surface area contributed by atoms with Crippen molar-refractivity contribution in [3.63, 3.8) is 0 Å². The predicted molar refractivity (Wildman–Crippen MR) is 169 cm³/mol. The van der Waals surface area contributed by atoms with Crippen LogP contribution in [0, 0.1) is 0 Å². The molecular formula is C31H50O10S2. The van der Waals surface area contributed by atoms with E-state index in [1.54, 1.807) is 0 Å². The molecule has 0 amide bonds. The predicted octanol–water partition coefficient (Wildman–Crippen LogP) is 7.17. The molecule has 0 N–H and O–H groups in total. The summed E-state index contributed by atoms with van der Waals surface area (Å²) >= 11 is 0. The Morgan fingerprint density at radius 2 is 1.28 bits per heavy atom. The second-order valence-electron chi connectivity index (χ2n) is 10.2. The van der Waals surface area contributed by atoms with E-state index in [9.17, 15) is 9.59 Å². The molecule has 2 rings (SSSR count). The fraction of sp³-hybridized carbons (Fsp3) is 0.742. The molecule has 246 valence electrons. The van der Waals surface area contributed by atoms with E-state index >= 15 is 0 Å². The molecule has 1 aromatic rings. The SMILES string of the molecule is COCOc1cc(C(=O)OCCCCCCCCCCOC(=O)CCCCC2CCSS2)cc(OCOC)c1OCOC. The summed E-state index contributed by atoms with van der Waals surface area (Å²) in [7, 11) is 8.45. The first kappa shape index (κ1) is 37.3. The van der Waals surface area contributed by atoms with Gasteiger partial charge in [-0.1, -0.05) is 66.5 Å². The molecule has 0 spiro atoms. The van der Waals surface area contributed by atoms with Crippen molar-refractivity contribution in [3.8, 4) is 17.2 Å². The molecule has 12 heteroatoms. The zero-order valence-corrected chi connectivity index (χ0v) is 27.7. The lowest BCUT2D eigenvalue weighted by Gasteiger charge is -2.17. The summed E-state index contributed by atoms with van der Waals surface area (Å²) < 4.78 is 42.7. The lowest BCUT2D eigenvalue weighted by Crippen LogP contribution is -2.11. The van der Waals surface area contributed by atoms with E-state index < -0.39 is 5.97 Å². The van der Waals surface area contributed by atoms with Crippen LogP contribution in [0.25, 0.3) is 0 Å². The number of methoxy groups -OCH3 is 3. The Morgan fingerprint density at radius 1 is 0.721 bits per heavy atom. The highest BCUT2D eigenvalue weighted by Crippen LogP contribution is 2.40. The van der Waals surface area contributed by atoms with Crippen LogP contribution in [0.15, 0.2) is 12.1 Å². The normalized spacial score (nSPS) is 14.4. The Morgan fingerprint density at radius 3 is 1.84 bits per heavy atom. The van der Waals surface area contributed by atoms with Gasteiger partial charge in [-0.3, -0.25) is 4.79 Å². The molecule has 0 bridgehead atoms. The first-order valence-corrected chi connectivity index (χ1v) is 17.6. The van der Waals surface area contributed by atoms with Crippen LogP contribution in [-0.4, -0.2) is 77.9 Å². The minimum Gasteiger partial charge on any atom is -0.466 e. The van der Waals surface area contributed by atoms with E-state index in [0.717, 1.165) is 69.5 Å². The zero-order valence-electron chi connectivity index (χ0n) is 26.1. The molecule has 1 aromatic carbocycles. The van der Waals surface area contributed by atoms with Crippen LogP contribution >= 0.6 is 21.6 Å². The van der Waals surface area contributed by atoms with Crippen LogP contribution in [-0.2, 0) is 28.5 Å². The van der Waals surface area contributed by atoms with Crippen LogP contribution in [0.2, 0.25) is 0 Å². The van der Waals surface area contributed by atoms with E-state index in [2.05, 4.69) is 0 Å². The van der Waals surface area contributed by atoms with Crippen molar-refractivity contribution in [2.45, 2.75) is 88.7 Å². The molecule has 1 heterocycles.